The van der Waals surface area contributed by atoms with Crippen molar-refractivity contribution >= 4 is 11.9 Å². The van der Waals surface area contributed by atoms with Crippen LogP contribution >= 0.6 is 0 Å². The molecule has 0 spiro atoms. The van der Waals surface area contributed by atoms with E-state index in [4.69, 9.17) is 0 Å². The maximum atomic E-state index is 12.4. The molecule has 1 aromatic carbocycles. The third-order valence-corrected chi connectivity index (χ3v) is 7.37. The number of hydrogen-bond donors (Lipinski definition) is 2. The Balaban J connectivity index is 1.40. The molecule has 2 fully saturated rings. The van der Waals surface area contributed by atoms with Crippen molar-refractivity contribution in [2.24, 2.45) is 16.7 Å². The first-order valence-corrected chi connectivity index (χ1v) is 10.1. The number of nitrogens with one attached hydrogen (secondary N) is 2. The third-order valence-electron chi connectivity index (χ3n) is 7.37. The van der Waals surface area contributed by atoms with Gasteiger partial charge in [0.2, 0.25) is 5.91 Å². The van der Waals surface area contributed by atoms with E-state index in [0.717, 1.165) is 12.0 Å². The van der Waals surface area contributed by atoms with Crippen molar-refractivity contribution in [2.75, 3.05) is 13.6 Å². The maximum absolute atomic E-state index is 12.4. The van der Waals surface area contributed by atoms with Crippen LogP contribution in [0.15, 0.2) is 30.3 Å². The minimum atomic E-state index is -0.153. The second kappa shape index (κ2) is 7.53. The Bertz CT molecular complexity index is 688. The Morgan fingerprint density at radius 2 is 1.89 bits per heavy atom. The van der Waals surface area contributed by atoms with Crippen LogP contribution in [-0.4, -0.2) is 36.5 Å². The summed E-state index contributed by atoms with van der Waals surface area (Å²) in [4.78, 5) is 26.2. The predicted octanol–water partition coefficient (Wildman–Crippen LogP) is 3.55. The highest BCUT2D eigenvalue weighted by Gasteiger charge is 2.61. The molecule has 27 heavy (non-hydrogen) atoms. The molecular formula is C22H33N3O2. The zero-order valence-corrected chi connectivity index (χ0v) is 17.0. The summed E-state index contributed by atoms with van der Waals surface area (Å²) in [6.07, 6.45) is 3.88. The average Bonchev–Trinajstić information content (AvgIpc) is 2.96. The average molecular weight is 372 g/mol. The molecule has 3 atom stereocenters. The van der Waals surface area contributed by atoms with E-state index in [1.54, 1.807) is 11.9 Å². The van der Waals surface area contributed by atoms with Gasteiger partial charge in [0.25, 0.3) is 0 Å². The second-order valence-electron chi connectivity index (χ2n) is 9.05. The second-order valence-corrected chi connectivity index (χ2v) is 9.05. The lowest BCUT2D eigenvalue weighted by molar-refractivity contribution is -0.122. The summed E-state index contributed by atoms with van der Waals surface area (Å²) in [5.74, 6) is 0.745. The molecule has 2 bridgehead atoms. The summed E-state index contributed by atoms with van der Waals surface area (Å²) in [6, 6.07) is 9.98. The summed E-state index contributed by atoms with van der Waals surface area (Å²) in [6.45, 7) is 7.93. The lowest BCUT2D eigenvalue weighted by Crippen LogP contribution is -2.47. The Morgan fingerprint density at radius 3 is 2.48 bits per heavy atom. The van der Waals surface area contributed by atoms with Crippen molar-refractivity contribution < 1.29 is 9.59 Å². The third kappa shape index (κ3) is 3.83. The monoisotopic (exact) mass is 371 g/mol. The highest BCUT2D eigenvalue weighted by molar-refractivity contribution is 5.78. The van der Waals surface area contributed by atoms with Crippen molar-refractivity contribution in [3.8, 4) is 0 Å². The van der Waals surface area contributed by atoms with Gasteiger partial charge in [-0.1, -0.05) is 51.1 Å². The largest absolute Gasteiger partial charge is 0.353 e. The number of nitrogens with zero attached hydrogens (tertiary/aromatic N) is 1. The first-order chi connectivity index (χ1) is 12.7. The van der Waals surface area contributed by atoms with Crippen LogP contribution in [-0.2, 0) is 11.3 Å². The van der Waals surface area contributed by atoms with Crippen LogP contribution in [0.3, 0.4) is 0 Å². The van der Waals surface area contributed by atoms with Crippen molar-refractivity contribution in [2.45, 2.75) is 59.0 Å². The van der Waals surface area contributed by atoms with Gasteiger partial charge in [-0.25, -0.2) is 4.79 Å². The van der Waals surface area contributed by atoms with Crippen LogP contribution in [0.25, 0.3) is 0 Å². The number of carbonyl (C=O) groups excluding carboxylic acids is 2. The van der Waals surface area contributed by atoms with E-state index in [2.05, 4.69) is 31.4 Å². The molecule has 2 aliphatic carbocycles. The van der Waals surface area contributed by atoms with Crippen LogP contribution in [0, 0.1) is 16.7 Å². The van der Waals surface area contributed by atoms with E-state index in [0.29, 0.717) is 30.8 Å². The molecule has 0 radical (unpaired) electrons. The fourth-order valence-corrected chi connectivity index (χ4v) is 5.04. The molecule has 3 amide bonds. The number of fused-ring (bicyclic) bond motifs is 2. The Labute approximate surface area is 162 Å². The van der Waals surface area contributed by atoms with Crippen molar-refractivity contribution in [1.29, 1.82) is 0 Å². The SMILES string of the molecule is CN(Cc1ccccc1)C(=O)NCCC(=O)NC1CC2CCC1(C)C2(C)C. The molecule has 2 aliphatic rings. The number of hydrogen-bond acceptors (Lipinski definition) is 2. The number of urea groups is 1. The van der Waals surface area contributed by atoms with Crippen LogP contribution in [0.1, 0.15) is 52.0 Å². The Kier molecular flexibility index (Phi) is 5.50. The zero-order valence-electron chi connectivity index (χ0n) is 17.0. The highest BCUT2D eigenvalue weighted by atomic mass is 16.2. The minimum absolute atomic E-state index is 0.0376. The van der Waals surface area contributed by atoms with E-state index in [1.165, 1.54) is 12.8 Å². The van der Waals surface area contributed by atoms with Crippen molar-refractivity contribution in [3.05, 3.63) is 35.9 Å². The molecule has 148 valence electrons. The van der Waals surface area contributed by atoms with Gasteiger partial charge in [0, 0.05) is 32.6 Å². The first-order valence-electron chi connectivity index (χ1n) is 10.1. The molecule has 0 heterocycles. The van der Waals surface area contributed by atoms with Crippen molar-refractivity contribution in [3.63, 3.8) is 0 Å². The van der Waals surface area contributed by atoms with E-state index < -0.39 is 0 Å². The standard InChI is InChI=1S/C22H33N3O2/c1-21(2)17-10-12-22(21,3)18(14-17)24-19(26)11-13-23-20(27)25(4)15-16-8-6-5-7-9-16/h5-9,17-18H,10-15H2,1-4H3,(H,23,27)(H,24,26). The van der Waals surface area contributed by atoms with Gasteiger partial charge in [0.15, 0.2) is 0 Å². The summed E-state index contributed by atoms with van der Waals surface area (Å²) < 4.78 is 0. The predicted molar refractivity (Wildman–Crippen MR) is 107 cm³/mol. The molecule has 2 N–H and O–H groups in total. The molecular weight excluding hydrogens is 338 g/mol. The fourth-order valence-electron chi connectivity index (χ4n) is 5.04. The normalized spacial score (nSPS) is 28.0. The minimum Gasteiger partial charge on any atom is -0.353 e. The smallest absolute Gasteiger partial charge is 0.317 e. The van der Waals surface area contributed by atoms with E-state index in [9.17, 15) is 9.59 Å². The van der Waals surface area contributed by atoms with Crippen LogP contribution in [0.2, 0.25) is 0 Å². The summed E-state index contributed by atoms with van der Waals surface area (Å²) >= 11 is 0. The van der Waals surface area contributed by atoms with Gasteiger partial charge in [-0.2, -0.15) is 0 Å². The number of carbonyl (C=O) groups is 2. The van der Waals surface area contributed by atoms with E-state index in [-0.39, 0.29) is 23.4 Å². The quantitative estimate of drug-likeness (QED) is 0.803. The lowest BCUT2D eigenvalue weighted by Gasteiger charge is -2.39. The lowest BCUT2D eigenvalue weighted by atomic mass is 9.69. The Hall–Kier alpha value is -2.04. The van der Waals surface area contributed by atoms with Gasteiger partial charge < -0.3 is 15.5 Å². The molecule has 0 saturated heterocycles. The van der Waals surface area contributed by atoms with Crippen molar-refractivity contribution in [1.82, 2.24) is 15.5 Å². The molecule has 2 saturated carbocycles. The molecule has 5 nitrogen and oxygen atoms in total. The van der Waals surface area contributed by atoms with E-state index in [1.807, 2.05) is 30.3 Å². The zero-order chi connectivity index (χ0) is 19.7. The van der Waals surface area contributed by atoms with Gasteiger partial charge in [-0.15, -0.1) is 0 Å². The summed E-state index contributed by atoms with van der Waals surface area (Å²) in [7, 11) is 1.76. The number of amides is 3. The topological polar surface area (TPSA) is 61.4 Å². The van der Waals surface area contributed by atoms with Gasteiger partial charge >= 0.3 is 6.03 Å². The maximum Gasteiger partial charge on any atom is 0.317 e. The molecule has 1 aromatic rings. The number of benzene rings is 1. The number of rotatable bonds is 6. The van der Waals surface area contributed by atoms with Crippen LogP contribution < -0.4 is 10.6 Å². The molecule has 0 aliphatic heterocycles. The fraction of sp³-hybridized carbons (Fsp3) is 0.636. The summed E-state index contributed by atoms with van der Waals surface area (Å²) in [5, 5.41) is 6.09. The molecule has 5 heteroatoms. The van der Waals surface area contributed by atoms with Gasteiger partial charge in [0.1, 0.15) is 0 Å². The summed E-state index contributed by atoms with van der Waals surface area (Å²) in [5.41, 5.74) is 1.56. The molecule has 0 aromatic heterocycles. The molecule has 3 rings (SSSR count). The van der Waals surface area contributed by atoms with Crippen LogP contribution in [0.4, 0.5) is 4.79 Å². The van der Waals surface area contributed by atoms with Gasteiger partial charge in [0.05, 0.1) is 0 Å². The van der Waals surface area contributed by atoms with Gasteiger partial charge in [-0.3, -0.25) is 4.79 Å². The first kappa shape index (κ1) is 19.7. The van der Waals surface area contributed by atoms with Crippen LogP contribution in [0.5, 0.6) is 0 Å². The molecule has 3 unspecified atom stereocenters. The highest BCUT2D eigenvalue weighted by Crippen LogP contribution is 2.65. The van der Waals surface area contributed by atoms with E-state index >= 15 is 0 Å². The Morgan fingerprint density at radius 1 is 1.19 bits per heavy atom. The van der Waals surface area contributed by atoms with Gasteiger partial charge in [-0.05, 0) is 41.6 Å².